The number of hydrogen-bond donors (Lipinski definition) is 3. The first kappa shape index (κ1) is 25.5. The van der Waals surface area contributed by atoms with Gasteiger partial charge in [-0.3, -0.25) is 9.59 Å². The van der Waals surface area contributed by atoms with Crippen molar-refractivity contribution in [2.75, 3.05) is 24.5 Å². The molecule has 2 fully saturated rings. The summed E-state index contributed by atoms with van der Waals surface area (Å²) < 4.78 is 0. The van der Waals surface area contributed by atoms with E-state index in [1.165, 1.54) is 24.2 Å². The van der Waals surface area contributed by atoms with E-state index in [1.807, 2.05) is 43.3 Å². The summed E-state index contributed by atoms with van der Waals surface area (Å²) in [7, 11) is 0. The first-order chi connectivity index (χ1) is 16.8. The molecule has 2 heterocycles. The monoisotopic (exact) mass is 499 g/mol. The second-order valence-corrected chi connectivity index (χ2v) is 9.94. The van der Waals surface area contributed by atoms with Crippen molar-refractivity contribution in [3.63, 3.8) is 0 Å². The van der Waals surface area contributed by atoms with E-state index in [0.29, 0.717) is 11.6 Å². The van der Waals surface area contributed by atoms with Gasteiger partial charge in [-0.05, 0) is 74.4 Å². The van der Waals surface area contributed by atoms with Crippen LogP contribution in [0, 0.1) is 0 Å². The van der Waals surface area contributed by atoms with Crippen molar-refractivity contribution in [3.05, 3.63) is 64.7 Å². The molecule has 2 aromatic carbocycles. The molecule has 4 atom stereocenters. The number of nitrogens with one attached hydrogen (secondary N) is 1. The van der Waals surface area contributed by atoms with Crippen LogP contribution in [-0.4, -0.2) is 58.8 Å². The smallest absolute Gasteiger partial charge is 0.255 e. The summed E-state index contributed by atoms with van der Waals surface area (Å²) in [4.78, 5) is 29.6. The summed E-state index contributed by atoms with van der Waals surface area (Å²) in [6.45, 7) is 4.36. The summed E-state index contributed by atoms with van der Waals surface area (Å²) >= 11 is 6.10. The molecule has 0 spiro atoms. The van der Waals surface area contributed by atoms with Gasteiger partial charge in [-0.1, -0.05) is 35.9 Å². The van der Waals surface area contributed by atoms with Gasteiger partial charge in [-0.2, -0.15) is 0 Å². The highest BCUT2D eigenvalue weighted by atomic mass is 35.5. The Bertz CT molecular complexity index is 1030. The molecule has 7 nitrogen and oxygen atoms in total. The van der Waals surface area contributed by atoms with Crippen LogP contribution in [0.3, 0.4) is 0 Å². The van der Waals surface area contributed by atoms with Crippen molar-refractivity contribution in [2.45, 2.75) is 63.3 Å². The van der Waals surface area contributed by atoms with Crippen LogP contribution in [0.2, 0.25) is 5.02 Å². The van der Waals surface area contributed by atoms with Crippen molar-refractivity contribution in [1.29, 1.82) is 0 Å². The number of halogens is 1. The Morgan fingerprint density at radius 1 is 0.971 bits per heavy atom. The van der Waals surface area contributed by atoms with E-state index in [2.05, 4.69) is 10.2 Å². The lowest BCUT2D eigenvalue weighted by molar-refractivity contribution is -0.154. The number of nitrogens with zero attached hydrogens (tertiary/aromatic N) is 2. The predicted molar refractivity (Wildman–Crippen MR) is 136 cm³/mol. The molecule has 4 rings (SSSR count). The van der Waals surface area contributed by atoms with Crippen LogP contribution in [0.15, 0.2) is 48.5 Å². The van der Waals surface area contributed by atoms with E-state index >= 15 is 0 Å². The highest BCUT2D eigenvalue weighted by Crippen LogP contribution is 2.33. The third-order valence-electron chi connectivity index (χ3n) is 7.06. The lowest BCUT2D eigenvalue weighted by Gasteiger charge is -2.29. The maximum Gasteiger partial charge on any atom is 0.255 e. The van der Waals surface area contributed by atoms with E-state index in [1.54, 1.807) is 12.1 Å². The zero-order valence-electron chi connectivity index (χ0n) is 20.1. The van der Waals surface area contributed by atoms with E-state index in [4.69, 9.17) is 11.6 Å². The molecular weight excluding hydrogens is 466 g/mol. The van der Waals surface area contributed by atoms with Gasteiger partial charge in [0, 0.05) is 30.3 Å². The minimum atomic E-state index is -1.86. The fourth-order valence-corrected chi connectivity index (χ4v) is 5.25. The summed E-state index contributed by atoms with van der Waals surface area (Å²) in [5.74, 6) is -1.44. The number of hydrogen-bond acceptors (Lipinski definition) is 5. The summed E-state index contributed by atoms with van der Waals surface area (Å²) in [5.41, 5.74) is 2.91. The van der Waals surface area contributed by atoms with Crippen molar-refractivity contribution >= 4 is 29.1 Å². The molecule has 2 aromatic rings. The number of anilines is 1. The zero-order valence-corrected chi connectivity index (χ0v) is 20.8. The molecule has 0 aromatic heterocycles. The Balaban J connectivity index is 1.35. The van der Waals surface area contributed by atoms with Gasteiger partial charge in [-0.25, -0.2) is 0 Å². The van der Waals surface area contributed by atoms with Gasteiger partial charge in [0.25, 0.3) is 11.8 Å². The van der Waals surface area contributed by atoms with Gasteiger partial charge in [-0.15, -0.1) is 0 Å². The maximum absolute atomic E-state index is 13.0. The molecule has 1 unspecified atom stereocenters. The zero-order chi connectivity index (χ0) is 24.9. The fourth-order valence-electron chi connectivity index (χ4n) is 5.05. The van der Waals surface area contributed by atoms with E-state index in [9.17, 15) is 19.8 Å². The molecular formula is C27H34ClN3O4. The number of aliphatic hydroxyl groups is 2. The van der Waals surface area contributed by atoms with Crippen LogP contribution in [-0.2, 0) is 9.59 Å². The van der Waals surface area contributed by atoms with Crippen molar-refractivity contribution < 1.29 is 19.8 Å². The summed E-state index contributed by atoms with van der Waals surface area (Å²) in [6.07, 6.45) is 1.46. The van der Waals surface area contributed by atoms with Crippen LogP contribution in [0.4, 0.5) is 5.69 Å². The lowest BCUT2D eigenvalue weighted by Crippen LogP contribution is -2.50. The highest BCUT2D eigenvalue weighted by molar-refractivity contribution is 6.30. The average molecular weight is 500 g/mol. The third-order valence-corrected chi connectivity index (χ3v) is 7.30. The van der Waals surface area contributed by atoms with Gasteiger partial charge in [0.2, 0.25) is 0 Å². The van der Waals surface area contributed by atoms with Gasteiger partial charge < -0.3 is 25.3 Å². The molecule has 2 aliphatic heterocycles. The van der Waals surface area contributed by atoms with E-state index in [0.717, 1.165) is 42.7 Å². The van der Waals surface area contributed by atoms with Crippen LogP contribution < -0.4 is 10.2 Å². The first-order valence-electron chi connectivity index (χ1n) is 12.4. The molecule has 35 heavy (non-hydrogen) atoms. The Labute approximate surface area is 211 Å². The molecule has 3 N–H and O–H groups in total. The number of likely N-dealkylation sites (tertiary alicyclic amines) is 1. The number of carbonyl (C=O) groups excluding carboxylic acids is 2. The molecule has 0 radical (unpaired) electrons. The van der Waals surface area contributed by atoms with Crippen molar-refractivity contribution in [3.8, 4) is 0 Å². The van der Waals surface area contributed by atoms with Crippen LogP contribution in [0.5, 0.6) is 0 Å². The quantitative estimate of drug-likeness (QED) is 0.541. The van der Waals surface area contributed by atoms with Crippen LogP contribution in [0.1, 0.15) is 62.2 Å². The molecule has 0 bridgehead atoms. The topological polar surface area (TPSA) is 93.1 Å². The molecule has 8 heteroatoms. The molecule has 2 aliphatic rings. The number of benzene rings is 2. The second-order valence-electron chi connectivity index (χ2n) is 9.50. The number of aliphatic hydroxyl groups excluding tert-OH is 2. The Kier molecular flexibility index (Phi) is 8.31. The van der Waals surface area contributed by atoms with E-state index < -0.39 is 24.0 Å². The second kappa shape index (κ2) is 11.4. The first-order valence-corrected chi connectivity index (χ1v) is 12.8. The SMILES string of the molecule is C[C@H](NC(=O)[C@H](O)[C@@H](O)C(=O)N1CCCC1c1cccc(Cl)c1)c1ccc(N2CCCCC2)cc1. The number of carbonyl (C=O) groups is 2. The predicted octanol–water partition coefficient (Wildman–Crippen LogP) is 3.59. The molecule has 188 valence electrons. The molecule has 0 saturated carbocycles. The van der Waals surface area contributed by atoms with Gasteiger partial charge in [0.1, 0.15) is 0 Å². The largest absolute Gasteiger partial charge is 0.380 e. The minimum Gasteiger partial charge on any atom is -0.380 e. The van der Waals surface area contributed by atoms with E-state index in [-0.39, 0.29) is 12.1 Å². The molecule has 2 amide bonds. The summed E-state index contributed by atoms with van der Waals surface area (Å²) in [5, 5.41) is 24.3. The third kappa shape index (κ3) is 5.97. The molecule has 0 aliphatic carbocycles. The van der Waals surface area contributed by atoms with Gasteiger partial charge >= 0.3 is 0 Å². The lowest BCUT2D eigenvalue weighted by atomic mass is 10.0. The minimum absolute atomic E-state index is 0.247. The Morgan fingerprint density at radius 3 is 2.37 bits per heavy atom. The van der Waals surface area contributed by atoms with Gasteiger partial charge in [0.05, 0.1) is 12.1 Å². The summed E-state index contributed by atoms with van der Waals surface area (Å²) in [6, 6.07) is 14.6. The fraction of sp³-hybridized carbons (Fsp3) is 0.481. The Hall–Kier alpha value is -2.61. The number of amides is 2. The molecule has 2 saturated heterocycles. The highest BCUT2D eigenvalue weighted by Gasteiger charge is 2.38. The standard InChI is InChI=1S/C27H34ClN3O4/c1-18(19-10-12-22(13-11-19)30-14-3-2-4-15-30)29-26(34)24(32)25(33)27(35)31-16-6-9-23(31)20-7-5-8-21(28)17-20/h5,7-8,10-13,17-18,23-25,32-33H,2-4,6,9,14-16H2,1H3,(H,29,34)/t18-,23?,24+,25+/m0/s1. The van der Waals surface area contributed by atoms with Crippen LogP contribution >= 0.6 is 11.6 Å². The number of rotatable bonds is 7. The average Bonchev–Trinajstić information content (AvgIpc) is 3.38. The number of piperidine rings is 1. The van der Waals surface area contributed by atoms with Crippen molar-refractivity contribution in [1.82, 2.24) is 10.2 Å². The Morgan fingerprint density at radius 2 is 1.69 bits per heavy atom. The van der Waals surface area contributed by atoms with Crippen molar-refractivity contribution in [2.24, 2.45) is 0 Å². The van der Waals surface area contributed by atoms with Gasteiger partial charge in [0.15, 0.2) is 12.2 Å². The normalized spacial score (nSPS) is 20.9. The van der Waals surface area contributed by atoms with Crippen LogP contribution in [0.25, 0.3) is 0 Å². The maximum atomic E-state index is 13.0.